The van der Waals surface area contributed by atoms with Gasteiger partial charge >= 0.3 is 6.03 Å². The lowest BCUT2D eigenvalue weighted by Gasteiger charge is -2.21. The Hall–Kier alpha value is -2.34. The SMILES string of the molecule is C=CCN(Cc1cccs1)C(=O)NCc1ccnc(OC)c1. The van der Waals surface area contributed by atoms with Crippen LogP contribution in [0.4, 0.5) is 4.79 Å². The first-order valence-electron chi connectivity index (χ1n) is 6.88. The van der Waals surface area contributed by atoms with E-state index in [2.05, 4.69) is 16.9 Å². The highest BCUT2D eigenvalue weighted by Gasteiger charge is 2.12. The predicted octanol–water partition coefficient (Wildman–Crippen LogP) is 3.05. The molecular weight excluding hydrogens is 298 g/mol. The van der Waals surface area contributed by atoms with Crippen molar-refractivity contribution in [3.8, 4) is 5.88 Å². The fourth-order valence-electron chi connectivity index (χ4n) is 1.93. The molecule has 0 fully saturated rings. The lowest BCUT2D eigenvalue weighted by atomic mass is 10.2. The van der Waals surface area contributed by atoms with E-state index < -0.39 is 0 Å². The number of hydrogen-bond acceptors (Lipinski definition) is 4. The second-order valence-corrected chi connectivity index (χ2v) is 5.65. The molecule has 0 aliphatic carbocycles. The smallest absolute Gasteiger partial charge is 0.318 e. The first-order valence-corrected chi connectivity index (χ1v) is 7.76. The standard InChI is InChI=1S/C16H19N3O2S/c1-3-8-19(12-14-5-4-9-22-14)16(20)18-11-13-6-7-17-15(10-13)21-2/h3-7,9-10H,1,8,11-12H2,2H3,(H,18,20). The number of urea groups is 1. The number of pyridine rings is 1. The van der Waals surface area contributed by atoms with Crippen LogP contribution in [0.15, 0.2) is 48.5 Å². The van der Waals surface area contributed by atoms with Gasteiger partial charge in [-0.05, 0) is 23.1 Å². The second-order valence-electron chi connectivity index (χ2n) is 4.61. The molecule has 0 radical (unpaired) electrons. The van der Waals surface area contributed by atoms with Crippen LogP contribution in [0.3, 0.4) is 0 Å². The summed E-state index contributed by atoms with van der Waals surface area (Å²) in [7, 11) is 1.57. The van der Waals surface area contributed by atoms with Crippen LogP contribution in [-0.2, 0) is 13.1 Å². The molecular formula is C16H19N3O2S. The number of aromatic nitrogens is 1. The molecule has 0 aliphatic rings. The summed E-state index contributed by atoms with van der Waals surface area (Å²) < 4.78 is 5.07. The van der Waals surface area contributed by atoms with Crippen molar-refractivity contribution < 1.29 is 9.53 Å². The summed E-state index contributed by atoms with van der Waals surface area (Å²) in [4.78, 5) is 19.2. The summed E-state index contributed by atoms with van der Waals surface area (Å²) in [5.41, 5.74) is 0.940. The van der Waals surface area contributed by atoms with Crippen LogP contribution in [0.5, 0.6) is 5.88 Å². The third kappa shape index (κ3) is 4.60. The molecule has 0 aliphatic heterocycles. The molecule has 2 heterocycles. The largest absolute Gasteiger partial charge is 0.481 e. The van der Waals surface area contributed by atoms with E-state index in [1.165, 1.54) is 0 Å². The molecule has 2 aromatic heterocycles. The molecule has 1 N–H and O–H groups in total. The number of hydrogen-bond donors (Lipinski definition) is 1. The Kier molecular flexibility index (Phi) is 5.97. The highest BCUT2D eigenvalue weighted by atomic mass is 32.1. The van der Waals surface area contributed by atoms with Crippen molar-refractivity contribution >= 4 is 17.4 Å². The Bertz CT molecular complexity index is 614. The fraction of sp³-hybridized carbons (Fsp3) is 0.250. The quantitative estimate of drug-likeness (QED) is 0.799. The van der Waals surface area contributed by atoms with Gasteiger partial charge in [0, 0.05) is 30.2 Å². The van der Waals surface area contributed by atoms with Gasteiger partial charge in [-0.3, -0.25) is 0 Å². The molecule has 22 heavy (non-hydrogen) atoms. The second kappa shape index (κ2) is 8.19. The van der Waals surface area contributed by atoms with Crippen molar-refractivity contribution in [3.63, 3.8) is 0 Å². The van der Waals surface area contributed by atoms with Gasteiger partial charge in [-0.15, -0.1) is 17.9 Å². The summed E-state index contributed by atoms with van der Waals surface area (Å²) in [6.45, 7) is 5.22. The van der Waals surface area contributed by atoms with Crippen molar-refractivity contribution in [1.82, 2.24) is 15.2 Å². The number of nitrogens with one attached hydrogen (secondary N) is 1. The molecule has 6 heteroatoms. The third-order valence-electron chi connectivity index (χ3n) is 3.02. The van der Waals surface area contributed by atoms with E-state index >= 15 is 0 Å². The summed E-state index contributed by atoms with van der Waals surface area (Å²) in [5, 5.41) is 4.91. The number of nitrogens with zero attached hydrogens (tertiary/aromatic N) is 2. The molecule has 0 unspecified atom stereocenters. The van der Waals surface area contributed by atoms with E-state index in [-0.39, 0.29) is 6.03 Å². The van der Waals surface area contributed by atoms with Gasteiger partial charge in [0.05, 0.1) is 13.7 Å². The van der Waals surface area contributed by atoms with Crippen LogP contribution in [0.1, 0.15) is 10.4 Å². The van der Waals surface area contributed by atoms with Crippen LogP contribution in [0.25, 0.3) is 0 Å². The molecule has 116 valence electrons. The summed E-state index contributed by atoms with van der Waals surface area (Å²) in [6.07, 6.45) is 3.39. The van der Waals surface area contributed by atoms with Gasteiger partial charge in [0.15, 0.2) is 0 Å². The average molecular weight is 317 g/mol. The van der Waals surface area contributed by atoms with E-state index in [0.29, 0.717) is 25.5 Å². The number of carbonyl (C=O) groups is 1. The molecule has 0 spiro atoms. The van der Waals surface area contributed by atoms with Gasteiger partial charge in [0.25, 0.3) is 0 Å². The van der Waals surface area contributed by atoms with Gasteiger partial charge in [0.1, 0.15) is 0 Å². The first kappa shape index (κ1) is 16.0. The van der Waals surface area contributed by atoms with E-state index in [4.69, 9.17) is 4.74 Å². The molecule has 0 saturated heterocycles. The highest BCUT2D eigenvalue weighted by molar-refractivity contribution is 7.09. The summed E-state index contributed by atoms with van der Waals surface area (Å²) in [6, 6.07) is 7.52. The minimum Gasteiger partial charge on any atom is -0.481 e. The Morgan fingerprint density at radius 3 is 3.09 bits per heavy atom. The maximum absolute atomic E-state index is 12.3. The number of ether oxygens (including phenoxy) is 1. The van der Waals surface area contributed by atoms with Crippen LogP contribution < -0.4 is 10.1 Å². The van der Waals surface area contributed by atoms with Crippen molar-refractivity contribution in [3.05, 3.63) is 58.9 Å². The Balaban J connectivity index is 1.94. The normalized spacial score (nSPS) is 10.0. The first-order chi connectivity index (χ1) is 10.7. The molecule has 2 amide bonds. The van der Waals surface area contributed by atoms with Gasteiger partial charge in [-0.25, -0.2) is 9.78 Å². The highest BCUT2D eigenvalue weighted by Crippen LogP contribution is 2.12. The van der Waals surface area contributed by atoms with Crippen molar-refractivity contribution in [2.45, 2.75) is 13.1 Å². The summed E-state index contributed by atoms with van der Waals surface area (Å²) in [5.74, 6) is 0.535. The van der Waals surface area contributed by atoms with Crippen LogP contribution in [0.2, 0.25) is 0 Å². The maximum atomic E-state index is 12.3. The average Bonchev–Trinajstić information content (AvgIpc) is 3.05. The maximum Gasteiger partial charge on any atom is 0.318 e. The molecule has 0 atom stereocenters. The molecule has 0 saturated carbocycles. The van der Waals surface area contributed by atoms with Crippen molar-refractivity contribution in [2.75, 3.05) is 13.7 Å². The van der Waals surface area contributed by atoms with Crippen molar-refractivity contribution in [2.24, 2.45) is 0 Å². The lowest BCUT2D eigenvalue weighted by molar-refractivity contribution is 0.201. The van der Waals surface area contributed by atoms with E-state index in [1.807, 2.05) is 23.6 Å². The third-order valence-corrected chi connectivity index (χ3v) is 3.88. The molecule has 0 aromatic carbocycles. The number of carbonyl (C=O) groups excluding carboxylic acids is 1. The van der Waals surface area contributed by atoms with Crippen LogP contribution >= 0.6 is 11.3 Å². The Labute approximate surface area is 134 Å². The van der Waals surface area contributed by atoms with Crippen LogP contribution in [-0.4, -0.2) is 29.6 Å². The lowest BCUT2D eigenvalue weighted by Crippen LogP contribution is -2.39. The number of rotatable bonds is 7. The zero-order valence-electron chi connectivity index (χ0n) is 12.5. The van der Waals surface area contributed by atoms with E-state index in [9.17, 15) is 4.79 Å². The van der Waals surface area contributed by atoms with Crippen LogP contribution in [0, 0.1) is 0 Å². The zero-order chi connectivity index (χ0) is 15.8. The fourth-order valence-corrected chi connectivity index (χ4v) is 2.65. The van der Waals surface area contributed by atoms with Crippen molar-refractivity contribution in [1.29, 1.82) is 0 Å². The minimum atomic E-state index is -0.121. The topological polar surface area (TPSA) is 54.5 Å². The van der Waals surface area contributed by atoms with Gasteiger partial charge in [0.2, 0.25) is 5.88 Å². The number of amides is 2. The number of methoxy groups -OCH3 is 1. The van der Waals surface area contributed by atoms with Gasteiger partial charge in [-0.1, -0.05) is 12.1 Å². The Morgan fingerprint density at radius 1 is 1.55 bits per heavy atom. The predicted molar refractivity (Wildman–Crippen MR) is 88.0 cm³/mol. The molecule has 0 bridgehead atoms. The van der Waals surface area contributed by atoms with E-state index in [1.54, 1.807) is 41.7 Å². The molecule has 5 nitrogen and oxygen atoms in total. The minimum absolute atomic E-state index is 0.121. The molecule has 2 rings (SSSR count). The zero-order valence-corrected chi connectivity index (χ0v) is 13.3. The Morgan fingerprint density at radius 2 is 2.41 bits per heavy atom. The van der Waals surface area contributed by atoms with E-state index in [0.717, 1.165) is 10.4 Å². The molecule has 2 aromatic rings. The van der Waals surface area contributed by atoms with Gasteiger partial charge < -0.3 is 15.0 Å². The van der Waals surface area contributed by atoms with Gasteiger partial charge in [-0.2, -0.15) is 0 Å². The monoisotopic (exact) mass is 317 g/mol. The summed E-state index contributed by atoms with van der Waals surface area (Å²) >= 11 is 1.63. The number of thiophene rings is 1.